The van der Waals surface area contributed by atoms with E-state index in [2.05, 4.69) is 30.5 Å². The molecule has 23 heavy (non-hydrogen) atoms. The number of aromatic nitrogens is 5. The van der Waals surface area contributed by atoms with Gasteiger partial charge in [0.05, 0.1) is 10.2 Å². The summed E-state index contributed by atoms with van der Waals surface area (Å²) in [5, 5.41) is 12.2. The Labute approximate surface area is 138 Å². The third kappa shape index (κ3) is 2.60. The Morgan fingerprint density at radius 1 is 1.30 bits per heavy atom. The van der Waals surface area contributed by atoms with Gasteiger partial charge in [-0.05, 0) is 18.6 Å². The minimum atomic E-state index is -0.288. The molecule has 4 aromatic rings. The van der Waals surface area contributed by atoms with Gasteiger partial charge in [-0.25, -0.2) is 15.0 Å². The van der Waals surface area contributed by atoms with E-state index in [0.29, 0.717) is 21.7 Å². The quantitative estimate of drug-likeness (QED) is 0.596. The van der Waals surface area contributed by atoms with E-state index < -0.39 is 0 Å². The first kappa shape index (κ1) is 14.0. The van der Waals surface area contributed by atoms with Crippen molar-refractivity contribution in [1.82, 2.24) is 25.1 Å². The van der Waals surface area contributed by atoms with Gasteiger partial charge >= 0.3 is 0 Å². The maximum atomic E-state index is 12.3. The summed E-state index contributed by atoms with van der Waals surface area (Å²) >= 11 is 2.77. The van der Waals surface area contributed by atoms with Crippen molar-refractivity contribution < 1.29 is 4.79 Å². The van der Waals surface area contributed by atoms with Crippen LogP contribution in [0.5, 0.6) is 0 Å². The van der Waals surface area contributed by atoms with E-state index in [9.17, 15) is 4.79 Å². The fraction of sp³-hybridized carbons (Fsp3) is 0.0714. The number of benzene rings is 1. The molecule has 7 nitrogen and oxygen atoms in total. The molecular weight excluding hydrogens is 332 g/mol. The zero-order valence-corrected chi connectivity index (χ0v) is 13.5. The highest BCUT2D eigenvalue weighted by Crippen LogP contribution is 2.28. The summed E-state index contributed by atoms with van der Waals surface area (Å²) in [4.78, 5) is 25.1. The number of carbonyl (C=O) groups excluding carboxylic acids is 1. The van der Waals surface area contributed by atoms with Crippen LogP contribution in [0, 0.1) is 6.92 Å². The van der Waals surface area contributed by atoms with Crippen LogP contribution in [0.15, 0.2) is 29.9 Å². The normalized spacial score (nSPS) is 11.0. The van der Waals surface area contributed by atoms with Crippen molar-refractivity contribution in [3.8, 4) is 10.8 Å². The largest absolute Gasteiger partial charge is 0.296 e. The van der Waals surface area contributed by atoms with Crippen molar-refractivity contribution in [2.24, 2.45) is 0 Å². The monoisotopic (exact) mass is 342 g/mol. The Bertz CT molecular complexity index is 988. The molecule has 0 aliphatic heterocycles. The van der Waals surface area contributed by atoms with Crippen molar-refractivity contribution in [2.45, 2.75) is 6.92 Å². The molecule has 114 valence electrons. The highest BCUT2D eigenvalue weighted by molar-refractivity contribution is 7.22. The van der Waals surface area contributed by atoms with Crippen molar-refractivity contribution in [3.63, 3.8) is 0 Å². The summed E-state index contributed by atoms with van der Waals surface area (Å²) < 4.78 is 1.04. The Morgan fingerprint density at radius 3 is 3.00 bits per heavy atom. The molecule has 3 heterocycles. The third-order valence-electron chi connectivity index (χ3n) is 3.20. The van der Waals surface area contributed by atoms with Crippen LogP contribution in [-0.4, -0.2) is 31.1 Å². The molecule has 0 aliphatic rings. The summed E-state index contributed by atoms with van der Waals surface area (Å²) in [5.74, 6) is 0.258. The van der Waals surface area contributed by atoms with Gasteiger partial charge in [-0.15, -0.1) is 11.3 Å². The number of H-pyrrole nitrogens is 1. The molecule has 0 radical (unpaired) electrons. The number of hydrogen-bond donors (Lipinski definition) is 2. The molecule has 0 spiro atoms. The Kier molecular flexibility index (Phi) is 3.36. The maximum Gasteiger partial charge on any atom is 0.276 e. The first-order valence-corrected chi connectivity index (χ1v) is 8.39. The van der Waals surface area contributed by atoms with Crippen LogP contribution in [-0.2, 0) is 0 Å². The van der Waals surface area contributed by atoms with Gasteiger partial charge in [0.1, 0.15) is 12.0 Å². The van der Waals surface area contributed by atoms with Crippen LogP contribution < -0.4 is 5.32 Å². The lowest BCUT2D eigenvalue weighted by Crippen LogP contribution is -2.12. The lowest BCUT2D eigenvalue weighted by atomic mass is 10.2. The number of nitrogens with one attached hydrogen (secondary N) is 2. The molecule has 9 heteroatoms. The van der Waals surface area contributed by atoms with E-state index in [0.717, 1.165) is 15.8 Å². The second-order valence-corrected chi connectivity index (χ2v) is 6.66. The number of rotatable bonds is 3. The van der Waals surface area contributed by atoms with Gasteiger partial charge in [-0.2, -0.15) is 5.10 Å². The number of para-hydroxylation sites is 1. The molecular formula is C14H10N6OS2. The zero-order chi connectivity index (χ0) is 15.8. The number of hydrogen-bond acceptors (Lipinski definition) is 7. The molecule has 3 aromatic heterocycles. The molecule has 0 fully saturated rings. The number of fused-ring (bicyclic) bond motifs is 1. The fourth-order valence-electron chi connectivity index (χ4n) is 2.10. The van der Waals surface area contributed by atoms with Gasteiger partial charge in [-0.1, -0.05) is 23.5 Å². The topological polar surface area (TPSA) is 96.5 Å². The first-order valence-electron chi connectivity index (χ1n) is 6.69. The van der Waals surface area contributed by atoms with E-state index in [-0.39, 0.29) is 5.91 Å². The van der Waals surface area contributed by atoms with Crippen LogP contribution in [0.2, 0.25) is 0 Å². The first-order chi connectivity index (χ1) is 11.2. The number of aryl methyl sites for hydroxylation is 1. The number of aromatic amines is 1. The minimum absolute atomic E-state index is 0.288. The van der Waals surface area contributed by atoms with Crippen molar-refractivity contribution in [2.75, 3.05) is 5.32 Å². The molecule has 0 saturated carbocycles. The van der Waals surface area contributed by atoms with E-state index in [1.165, 1.54) is 29.0 Å². The standard InChI is InChI=1S/C14H10N6OS2/c1-7-3-2-4-9-10(7)18-14(23-9)19-12(21)8-5-22-13(17-8)11-15-6-16-20-11/h2-6H,1H3,(H,15,16,20)(H,18,19,21). The van der Waals surface area contributed by atoms with Gasteiger partial charge in [0, 0.05) is 5.38 Å². The van der Waals surface area contributed by atoms with Crippen LogP contribution >= 0.6 is 22.7 Å². The van der Waals surface area contributed by atoms with Crippen LogP contribution in [0.1, 0.15) is 16.1 Å². The number of thiazole rings is 2. The second kappa shape index (κ2) is 5.52. The van der Waals surface area contributed by atoms with E-state index in [4.69, 9.17) is 0 Å². The van der Waals surface area contributed by atoms with E-state index in [1.807, 2.05) is 25.1 Å². The molecule has 0 aliphatic carbocycles. The summed E-state index contributed by atoms with van der Waals surface area (Å²) in [7, 11) is 0. The smallest absolute Gasteiger partial charge is 0.276 e. The van der Waals surface area contributed by atoms with Gasteiger partial charge in [0.15, 0.2) is 16.0 Å². The Hall–Kier alpha value is -2.65. The zero-order valence-electron chi connectivity index (χ0n) is 11.9. The predicted molar refractivity (Wildman–Crippen MR) is 89.8 cm³/mol. The van der Waals surface area contributed by atoms with Gasteiger partial charge in [0.25, 0.3) is 5.91 Å². The molecule has 1 amide bonds. The van der Waals surface area contributed by atoms with Crippen molar-refractivity contribution in [1.29, 1.82) is 0 Å². The predicted octanol–water partition coefficient (Wildman–Crippen LogP) is 3.10. The highest BCUT2D eigenvalue weighted by Gasteiger charge is 2.15. The molecule has 0 unspecified atom stereocenters. The van der Waals surface area contributed by atoms with E-state index >= 15 is 0 Å². The number of nitrogens with zero attached hydrogens (tertiary/aromatic N) is 4. The molecule has 0 bridgehead atoms. The molecule has 0 saturated heterocycles. The SMILES string of the molecule is Cc1cccc2sc(NC(=O)c3csc(-c4ncn[nH]4)n3)nc12. The molecule has 4 rings (SSSR count). The summed E-state index contributed by atoms with van der Waals surface area (Å²) in [5.41, 5.74) is 2.33. The molecule has 1 aromatic carbocycles. The highest BCUT2D eigenvalue weighted by atomic mass is 32.1. The maximum absolute atomic E-state index is 12.3. The number of amides is 1. The number of carbonyl (C=O) groups is 1. The van der Waals surface area contributed by atoms with Gasteiger partial charge in [0.2, 0.25) is 0 Å². The average Bonchev–Trinajstić information content (AvgIpc) is 3.27. The fourth-order valence-corrected chi connectivity index (χ4v) is 3.78. The summed E-state index contributed by atoms with van der Waals surface area (Å²) in [6, 6.07) is 5.96. The summed E-state index contributed by atoms with van der Waals surface area (Å²) in [6.07, 6.45) is 1.40. The van der Waals surface area contributed by atoms with Gasteiger partial charge < -0.3 is 0 Å². The van der Waals surface area contributed by atoms with Crippen LogP contribution in [0.3, 0.4) is 0 Å². The Morgan fingerprint density at radius 2 is 2.22 bits per heavy atom. The van der Waals surface area contributed by atoms with E-state index in [1.54, 1.807) is 5.38 Å². The number of anilines is 1. The summed E-state index contributed by atoms with van der Waals surface area (Å²) in [6.45, 7) is 2.00. The second-order valence-electron chi connectivity index (χ2n) is 4.77. The minimum Gasteiger partial charge on any atom is -0.296 e. The lowest BCUT2D eigenvalue weighted by Gasteiger charge is -1.96. The molecule has 0 atom stereocenters. The van der Waals surface area contributed by atoms with Gasteiger partial charge in [-0.3, -0.25) is 15.2 Å². The Balaban J connectivity index is 1.58. The van der Waals surface area contributed by atoms with Crippen LogP contribution in [0.25, 0.3) is 21.0 Å². The average molecular weight is 342 g/mol. The third-order valence-corrected chi connectivity index (χ3v) is 4.98. The van der Waals surface area contributed by atoms with Crippen molar-refractivity contribution >= 4 is 43.9 Å². The molecule has 2 N–H and O–H groups in total. The lowest BCUT2D eigenvalue weighted by molar-refractivity contribution is 0.102. The van der Waals surface area contributed by atoms with Crippen LogP contribution in [0.4, 0.5) is 5.13 Å². The van der Waals surface area contributed by atoms with Crippen molar-refractivity contribution in [3.05, 3.63) is 41.2 Å².